The van der Waals surface area contributed by atoms with Crippen LogP contribution in [0.2, 0.25) is 5.02 Å². The van der Waals surface area contributed by atoms with E-state index in [0.29, 0.717) is 56.6 Å². The molecule has 0 spiro atoms. The summed E-state index contributed by atoms with van der Waals surface area (Å²) in [5.74, 6) is 0.0529. The van der Waals surface area contributed by atoms with Gasteiger partial charge in [0.1, 0.15) is 11.9 Å². The van der Waals surface area contributed by atoms with E-state index < -0.39 is 10.0 Å². The van der Waals surface area contributed by atoms with Gasteiger partial charge in [0, 0.05) is 50.0 Å². The van der Waals surface area contributed by atoms with E-state index in [1.165, 1.54) is 0 Å². The van der Waals surface area contributed by atoms with Crippen molar-refractivity contribution in [1.29, 1.82) is 0 Å². The summed E-state index contributed by atoms with van der Waals surface area (Å²) in [4.78, 5) is 28.7. The highest BCUT2D eigenvalue weighted by atomic mass is 35.5. The smallest absolute Gasteiger partial charge is 0.237 e. The van der Waals surface area contributed by atoms with Crippen molar-refractivity contribution in [3.63, 3.8) is 0 Å². The van der Waals surface area contributed by atoms with Crippen molar-refractivity contribution in [1.82, 2.24) is 14.5 Å². The van der Waals surface area contributed by atoms with Gasteiger partial charge in [-0.3, -0.25) is 9.59 Å². The second-order valence-corrected chi connectivity index (χ2v) is 10.1. The number of hydrogen-bond donors (Lipinski definition) is 1. The van der Waals surface area contributed by atoms with Gasteiger partial charge >= 0.3 is 0 Å². The molecule has 31 heavy (non-hydrogen) atoms. The van der Waals surface area contributed by atoms with Crippen LogP contribution in [-0.2, 0) is 24.3 Å². The van der Waals surface area contributed by atoms with E-state index in [9.17, 15) is 18.0 Å². The highest BCUT2D eigenvalue weighted by Gasteiger charge is 2.35. The van der Waals surface area contributed by atoms with Gasteiger partial charge < -0.3 is 19.3 Å². The Morgan fingerprint density at radius 3 is 2.61 bits per heavy atom. The highest BCUT2D eigenvalue weighted by molar-refractivity contribution is 7.88. The molecule has 1 aromatic rings. The van der Waals surface area contributed by atoms with Crippen LogP contribution >= 0.6 is 11.6 Å². The third-order valence-electron chi connectivity index (χ3n) is 5.39. The monoisotopic (exact) mass is 473 g/mol. The Bertz CT molecular complexity index is 891. The molecule has 2 atom stereocenters. The lowest BCUT2D eigenvalue weighted by atomic mass is 9.90. The third kappa shape index (κ3) is 7.34. The van der Waals surface area contributed by atoms with Crippen LogP contribution in [0.15, 0.2) is 24.3 Å². The van der Waals surface area contributed by atoms with Gasteiger partial charge in [-0.1, -0.05) is 17.7 Å². The Labute approximate surface area is 187 Å². The molecule has 2 aliphatic rings. The molecule has 172 valence electrons. The van der Waals surface area contributed by atoms with Crippen molar-refractivity contribution in [2.45, 2.75) is 18.9 Å². The average Bonchev–Trinajstić information content (AvgIpc) is 2.73. The number of nitrogens with zero attached hydrogens (tertiary/aromatic N) is 2. The van der Waals surface area contributed by atoms with Crippen LogP contribution in [0.3, 0.4) is 0 Å². The van der Waals surface area contributed by atoms with Crippen LogP contribution < -0.4 is 9.46 Å². The van der Waals surface area contributed by atoms with E-state index in [0.717, 1.165) is 6.26 Å². The molecule has 0 unspecified atom stereocenters. The molecule has 9 nitrogen and oxygen atoms in total. The van der Waals surface area contributed by atoms with Gasteiger partial charge in [-0.05, 0) is 18.2 Å². The van der Waals surface area contributed by atoms with Gasteiger partial charge in [0.15, 0.2) is 0 Å². The van der Waals surface area contributed by atoms with Crippen molar-refractivity contribution in [2.75, 3.05) is 52.2 Å². The minimum Gasteiger partial charge on any atom is -0.490 e. The molecule has 2 aliphatic heterocycles. The van der Waals surface area contributed by atoms with Crippen molar-refractivity contribution in [3.8, 4) is 5.75 Å². The molecule has 2 fully saturated rings. The maximum Gasteiger partial charge on any atom is 0.237 e. The lowest BCUT2D eigenvalue weighted by Crippen LogP contribution is -2.52. The molecule has 0 aromatic heterocycles. The molecule has 0 aliphatic carbocycles. The number of likely N-dealkylation sites (tertiary alicyclic amines) is 1. The number of piperidine rings is 1. The molecule has 11 heteroatoms. The summed E-state index contributed by atoms with van der Waals surface area (Å²) in [6.45, 7) is 2.55. The number of sulfonamides is 1. The van der Waals surface area contributed by atoms with Crippen molar-refractivity contribution in [2.24, 2.45) is 5.92 Å². The fourth-order valence-electron chi connectivity index (χ4n) is 3.77. The molecular weight excluding hydrogens is 446 g/mol. The summed E-state index contributed by atoms with van der Waals surface area (Å²) >= 11 is 6.06. The number of nitrogens with one attached hydrogen (secondary N) is 1. The summed E-state index contributed by atoms with van der Waals surface area (Å²) < 4.78 is 36.3. The van der Waals surface area contributed by atoms with Crippen LogP contribution in [0.4, 0.5) is 0 Å². The summed E-state index contributed by atoms with van der Waals surface area (Å²) in [7, 11) is -3.47. The summed E-state index contributed by atoms with van der Waals surface area (Å²) in [5, 5.41) is 0.554. The minimum absolute atomic E-state index is 0.00319. The second-order valence-electron chi connectivity index (χ2n) is 7.79. The van der Waals surface area contributed by atoms with Gasteiger partial charge in [0.25, 0.3) is 0 Å². The number of benzene rings is 1. The number of rotatable bonds is 7. The van der Waals surface area contributed by atoms with E-state index in [-0.39, 0.29) is 36.8 Å². The summed E-state index contributed by atoms with van der Waals surface area (Å²) in [6.07, 6.45) is 1.50. The molecular formula is C20H28ClN3O6S. The number of carbonyl (C=O) groups is 2. The zero-order valence-corrected chi connectivity index (χ0v) is 19.0. The van der Waals surface area contributed by atoms with Crippen molar-refractivity contribution < 1.29 is 27.5 Å². The van der Waals surface area contributed by atoms with E-state index in [1.807, 2.05) is 0 Å². The highest BCUT2D eigenvalue weighted by Crippen LogP contribution is 2.28. The maximum atomic E-state index is 12.9. The molecule has 1 aromatic carbocycles. The van der Waals surface area contributed by atoms with Crippen LogP contribution in [0, 0.1) is 5.92 Å². The van der Waals surface area contributed by atoms with Crippen LogP contribution in [-0.4, -0.2) is 88.3 Å². The first kappa shape index (κ1) is 23.8. The lowest BCUT2D eigenvalue weighted by molar-refractivity contribution is -0.141. The Morgan fingerprint density at radius 2 is 1.94 bits per heavy atom. The Kier molecular flexibility index (Phi) is 8.15. The summed E-state index contributed by atoms with van der Waals surface area (Å²) in [6, 6.07) is 7.07. The summed E-state index contributed by atoms with van der Waals surface area (Å²) in [5.41, 5.74) is 0. The normalized spacial score (nSPS) is 22.3. The molecule has 2 saturated heterocycles. The zero-order chi connectivity index (χ0) is 22.4. The van der Waals surface area contributed by atoms with E-state index in [1.54, 1.807) is 34.1 Å². The number of halogens is 1. The maximum absolute atomic E-state index is 12.9. The van der Waals surface area contributed by atoms with Gasteiger partial charge in [0.05, 0.1) is 26.0 Å². The Hall–Kier alpha value is -1.88. The number of carbonyl (C=O) groups excluding carboxylic acids is 2. The van der Waals surface area contributed by atoms with Crippen molar-refractivity contribution >= 4 is 33.4 Å². The molecule has 0 bridgehead atoms. The molecule has 0 saturated carbocycles. The van der Waals surface area contributed by atoms with Gasteiger partial charge in [-0.15, -0.1) is 0 Å². The quantitative estimate of drug-likeness (QED) is 0.626. The molecule has 0 radical (unpaired) electrons. The second kappa shape index (κ2) is 10.6. The van der Waals surface area contributed by atoms with E-state index in [2.05, 4.69) is 4.72 Å². The minimum atomic E-state index is -3.47. The van der Waals surface area contributed by atoms with Gasteiger partial charge in [-0.25, -0.2) is 13.1 Å². The first-order valence-corrected chi connectivity index (χ1v) is 12.5. The van der Waals surface area contributed by atoms with Gasteiger partial charge in [-0.2, -0.15) is 0 Å². The predicted molar refractivity (Wildman–Crippen MR) is 115 cm³/mol. The number of amides is 2. The Morgan fingerprint density at radius 1 is 1.19 bits per heavy atom. The van der Waals surface area contributed by atoms with Crippen LogP contribution in [0.1, 0.15) is 12.8 Å². The average molecular weight is 474 g/mol. The number of ether oxygens (including phenoxy) is 2. The first-order chi connectivity index (χ1) is 14.7. The SMILES string of the molecule is CS(=O)(=O)NCC(=O)N1CC[C@H](Oc2cccc(Cl)c2)[C@@H](CC(=O)N2CCOCC2)C1. The standard InChI is InChI=1S/C20H28ClN3O6S/c1-31(27,28)22-13-20(26)24-6-5-18(30-17-4-2-3-16(21)12-17)15(14-24)11-19(25)23-7-9-29-10-8-23/h2-4,12,15,18,22H,5-11,13-14H2,1H3/t15-,18-/m0/s1. The molecule has 2 amide bonds. The fourth-order valence-corrected chi connectivity index (χ4v) is 4.34. The van der Waals surface area contributed by atoms with Gasteiger partial charge in [0.2, 0.25) is 21.8 Å². The van der Waals surface area contributed by atoms with Crippen LogP contribution in [0.25, 0.3) is 0 Å². The number of hydrogen-bond acceptors (Lipinski definition) is 6. The topological polar surface area (TPSA) is 105 Å². The number of morpholine rings is 1. The molecule has 1 N–H and O–H groups in total. The van der Waals surface area contributed by atoms with Crippen molar-refractivity contribution in [3.05, 3.63) is 29.3 Å². The Balaban J connectivity index is 1.69. The van der Waals surface area contributed by atoms with Crippen LogP contribution in [0.5, 0.6) is 5.75 Å². The largest absolute Gasteiger partial charge is 0.490 e. The lowest BCUT2D eigenvalue weighted by Gasteiger charge is -2.39. The van der Waals surface area contributed by atoms with E-state index >= 15 is 0 Å². The first-order valence-electron chi connectivity index (χ1n) is 10.2. The zero-order valence-electron chi connectivity index (χ0n) is 17.5. The van der Waals surface area contributed by atoms with E-state index in [4.69, 9.17) is 21.1 Å². The third-order valence-corrected chi connectivity index (χ3v) is 6.29. The predicted octanol–water partition coefficient (Wildman–Crippen LogP) is 0.734. The molecule has 3 rings (SSSR count). The fraction of sp³-hybridized carbons (Fsp3) is 0.600. The molecule has 2 heterocycles.